The highest BCUT2D eigenvalue weighted by Crippen LogP contribution is 2.25. The summed E-state index contributed by atoms with van der Waals surface area (Å²) in [6.45, 7) is -2.52. The maximum absolute atomic E-state index is 13.0. The summed E-state index contributed by atoms with van der Waals surface area (Å²) >= 11 is 3.01. The van der Waals surface area contributed by atoms with Crippen LogP contribution in [0.25, 0.3) is 0 Å². The van der Waals surface area contributed by atoms with Gasteiger partial charge in [0.2, 0.25) is 10.0 Å². The van der Waals surface area contributed by atoms with Gasteiger partial charge in [-0.15, -0.1) is 0 Å². The lowest BCUT2D eigenvalue weighted by atomic mass is 10.4. The van der Waals surface area contributed by atoms with Crippen LogP contribution >= 0.6 is 15.9 Å². The van der Waals surface area contributed by atoms with Crippen molar-refractivity contribution >= 4 is 26.0 Å². The number of alkyl halides is 2. The molecule has 0 saturated heterocycles. The van der Waals surface area contributed by atoms with Gasteiger partial charge in [0.25, 0.3) is 5.92 Å². The highest BCUT2D eigenvalue weighted by atomic mass is 79.9. The molecule has 1 aromatic rings. The Balaban J connectivity index is 3.05. The third-order valence-corrected chi connectivity index (χ3v) is 5.22. The van der Waals surface area contributed by atoms with E-state index in [1.807, 2.05) is 0 Å². The van der Waals surface area contributed by atoms with Crippen molar-refractivity contribution in [2.24, 2.45) is 7.05 Å². The first kappa shape index (κ1) is 15.5. The quantitative estimate of drug-likeness (QED) is 0.838. The van der Waals surface area contributed by atoms with Gasteiger partial charge in [0.1, 0.15) is 16.1 Å². The monoisotopic (exact) mass is 347 g/mol. The van der Waals surface area contributed by atoms with Gasteiger partial charge in [-0.3, -0.25) is 4.68 Å². The molecule has 0 unspecified atom stereocenters. The van der Waals surface area contributed by atoms with Crippen molar-refractivity contribution in [1.29, 1.82) is 0 Å². The molecule has 0 bridgehead atoms. The molecule has 0 saturated carbocycles. The van der Waals surface area contributed by atoms with Gasteiger partial charge in [-0.05, 0) is 15.9 Å². The number of hydrogen-bond donors (Lipinski definition) is 1. The summed E-state index contributed by atoms with van der Waals surface area (Å²) in [5.74, 6) is -3.49. The lowest BCUT2D eigenvalue weighted by Gasteiger charge is -2.21. The topological polar surface area (TPSA) is 75.4 Å². The maximum Gasteiger partial charge on any atom is 0.284 e. The zero-order valence-corrected chi connectivity index (χ0v) is 12.0. The molecular weight excluding hydrogens is 336 g/mol. The Bertz CT molecular complexity index is 532. The Morgan fingerprint density at radius 3 is 2.56 bits per heavy atom. The zero-order chi connectivity index (χ0) is 14.1. The lowest BCUT2D eigenvalue weighted by molar-refractivity contribution is -0.0578. The molecule has 0 atom stereocenters. The van der Waals surface area contributed by atoms with E-state index < -0.39 is 29.1 Å². The number of nitrogens with zero attached hydrogens (tertiary/aromatic N) is 3. The number of aryl methyl sites for hydroxylation is 1. The molecule has 1 rings (SSSR count). The van der Waals surface area contributed by atoms with Crippen molar-refractivity contribution in [2.75, 3.05) is 20.2 Å². The van der Waals surface area contributed by atoms with Crippen molar-refractivity contribution in [1.82, 2.24) is 14.1 Å². The first-order valence-electron chi connectivity index (χ1n) is 4.74. The number of sulfonamides is 1. The minimum absolute atomic E-state index is 0.168. The van der Waals surface area contributed by atoms with Crippen molar-refractivity contribution in [3.05, 3.63) is 10.8 Å². The molecule has 104 valence electrons. The van der Waals surface area contributed by atoms with Crippen LogP contribution in [0.5, 0.6) is 0 Å². The van der Waals surface area contributed by atoms with Crippen LogP contribution in [0.3, 0.4) is 0 Å². The molecule has 0 aliphatic carbocycles. The predicted octanol–water partition coefficient (Wildman–Crippen LogP) is 0.431. The van der Waals surface area contributed by atoms with Crippen molar-refractivity contribution in [3.63, 3.8) is 0 Å². The standard InChI is InChI=1S/C8H12BrF2N3O3S/c1-13(4-8(10,11)5-15)18(16,17)6-3-12-14(2)7(6)9/h3,15H,4-5H2,1-2H3. The van der Waals surface area contributed by atoms with Gasteiger partial charge in [0, 0.05) is 14.1 Å². The van der Waals surface area contributed by atoms with E-state index in [4.69, 9.17) is 5.11 Å². The number of aromatic nitrogens is 2. The van der Waals surface area contributed by atoms with E-state index >= 15 is 0 Å². The molecule has 0 radical (unpaired) electrons. The Kier molecular flexibility index (Phi) is 4.47. The van der Waals surface area contributed by atoms with Crippen LogP contribution in [0, 0.1) is 0 Å². The minimum atomic E-state index is -4.08. The molecule has 0 aliphatic heterocycles. The number of hydrogen-bond acceptors (Lipinski definition) is 4. The third-order valence-electron chi connectivity index (χ3n) is 2.21. The average Bonchev–Trinajstić information content (AvgIpc) is 2.59. The molecule has 1 N–H and O–H groups in total. The largest absolute Gasteiger partial charge is 0.390 e. The van der Waals surface area contributed by atoms with Crippen molar-refractivity contribution in [2.45, 2.75) is 10.8 Å². The average molecular weight is 348 g/mol. The van der Waals surface area contributed by atoms with E-state index in [0.29, 0.717) is 4.31 Å². The Morgan fingerprint density at radius 2 is 2.17 bits per heavy atom. The number of rotatable bonds is 5. The maximum atomic E-state index is 13.0. The fourth-order valence-corrected chi connectivity index (χ4v) is 3.23. The fraction of sp³-hybridized carbons (Fsp3) is 0.625. The van der Waals surface area contributed by atoms with Crippen molar-refractivity contribution < 1.29 is 22.3 Å². The van der Waals surface area contributed by atoms with Gasteiger partial charge in [0.05, 0.1) is 12.7 Å². The predicted molar refractivity (Wildman–Crippen MR) is 62.8 cm³/mol. The van der Waals surface area contributed by atoms with Crippen LogP contribution in [0.4, 0.5) is 8.78 Å². The second-order valence-corrected chi connectivity index (χ2v) is 6.46. The Hall–Kier alpha value is -0.580. The van der Waals surface area contributed by atoms with Crippen LogP contribution in [0.15, 0.2) is 15.7 Å². The van der Waals surface area contributed by atoms with Crippen LogP contribution in [0.1, 0.15) is 0 Å². The van der Waals surface area contributed by atoms with Crippen LogP contribution in [0.2, 0.25) is 0 Å². The summed E-state index contributed by atoms with van der Waals surface area (Å²) in [7, 11) is -1.56. The third kappa shape index (κ3) is 3.05. The second kappa shape index (κ2) is 5.19. The molecule has 0 aromatic carbocycles. The minimum Gasteiger partial charge on any atom is -0.390 e. The van der Waals surface area contributed by atoms with Gasteiger partial charge in [0.15, 0.2) is 0 Å². The van der Waals surface area contributed by atoms with E-state index in [1.54, 1.807) is 0 Å². The van der Waals surface area contributed by atoms with E-state index in [-0.39, 0.29) is 9.50 Å². The van der Waals surface area contributed by atoms with Gasteiger partial charge in [-0.1, -0.05) is 0 Å². The second-order valence-electron chi connectivity index (χ2n) is 3.70. The zero-order valence-electron chi connectivity index (χ0n) is 9.64. The molecule has 18 heavy (non-hydrogen) atoms. The van der Waals surface area contributed by atoms with Crippen molar-refractivity contribution in [3.8, 4) is 0 Å². The lowest BCUT2D eigenvalue weighted by Crippen LogP contribution is -2.40. The summed E-state index contributed by atoms with van der Waals surface area (Å²) in [5, 5.41) is 12.1. The van der Waals surface area contributed by atoms with E-state index in [0.717, 1.165) is 13.2 Å². The molecule has 10 heteroatoms. The first-order valence-corrected chi connectivity index (χ1v) is 6.97. The van der Waals surface area contributed by atoms with Crippen LogP contribution < -0.4 is 0 Å². The fourth-order valence-electron chi connectivity index (χ4n) is 1.20. The summed E-state index contributed by atoms with van der Waals surface area (Å²) in [6.07, 6.45) is 1.06. The smallest absolute Gasteiger partial charge is 0.284 e. The summed E-state index contributed by atoms with van der Waals surface area (Å²) in [4.78, 5) is -0.207. The SMILES string of the molecule is CN(CC(F)(F)CO)S(=O)(=O)c1cnn(C)c1Br. The van der Waals surface area contributed by atoms with E-state index in [2.05, 4.69) is 21.0 Å². The Morgan fingerprint density at radius 1 is 1.61 bits per heavy atom. The van der Waals surface area contributed by atoms with Gasteiger partial charge >= 0.3 is 0 Å². The first-order chi connectivity index (χ1) is 8.12. The van der Waals surface area contributed by atoms with Gasteiger partial charge in [-0.2, -0.15) is 9.40 Å². The van der Waals surface area contributed by atoms with Gasteiger partial charge in [-0.25, -0.2) is 17.2 Å². The molecule has 0 amide bonds. The van der Waals surface area contributed by atoms with Gasteiger partial charge < -0.3 is 5.11 Å². The summed E-state index contributed by atoms with van der Waals surface area (Å²) in [6, 6.07) is 0. The molecule has 0 spiro atoms. The molecule has 6 nitrogen and oxygen atoms in total. The van der Waals surface area contributed by atoms with E-state index in [9.17, 15) is 17.2 Å². The highest BCUT2D eigenvalue weighted by molar-refractivity contribution is 9.10. The molecule has 0 aliphatic rings. The normalized spacial score (nSPS) is 13.3. The molecule has 1 heterocycles. The number of aliphatic hydroxyl groups excluding tert-OH is 1. The molecule has 0 fully saturated rings. The highest BCUT2D eigenvalue weighted by Gasteiger charge is 2.36. The summed E-state index contributed by atoms with van der Waals surface area (Å²) < 4.78 is 51.8. The molecular formula is C8H12BrF2N3O3S. The van der Waals surface area contributed by atoms with Crippen LogP contribution in [-0.2, 0) is 17.1 Å². The number of aliphatic hydroxyl groups is 1. The molecule has 1 aromatic heterocycles. The van der Waals surface area contributed by atoms with E-state index in [1.165, 1.54) is 11.7 Å². The Labute approximate surface area is 111 Å². The summed E-state index contributed by atoms with van der Waals surface area (Å²) in [5.41, 5.74) is 0. The van der Waals surface area contributed by atoms with Crippen LogP contribution in [-0.4, -0.2) is 53.7 Å². The number of halogens is 3.